The van der Waals surface area contributed by atoms with Crippen molar-refractivity contribution >= 4 is 5.91 Å². The maximum absolute atomic E-state index is 12.4. The van der Waals surface area contributed by atoms with Crippen LogP contribution in [0.5, 0.6) is 0 Å². The lowest BCUT2D eigenvalue weighted by Crippen LogP contribution is -2.44. The van der Waals surface area contributed by atoms with Crippen molar-refractivity contribution in [2.24, 2.45) is 11.8 Å². The fourth-order valence-corrected chi connectivity index (χ4v) is 3.56. The number of aliphatic hydroxyl groups excluding tert-OH is 1. The average molecular weight is 317 g/mol. The Balaban J connectivity index is 1.46. The van der Waals surface area contributed by atoms with E-state index in [4.69, 9.17) is 0 Å². The van der Waals surface area contributed by atoms with E-state index in [1.54, 1.807) is 0 Å². The zero-order chi connectivity index (χ0) is 16.1. The van der Waals surface area contributed by atoms with Gasteiger partial charge in [0.2, 0.25) is 5.91 Å². The van der Waals surface area contributed by atoms with Gasteiger partial charge in [-0.1, -0.05) is 30.3 Å². The highest BCUT2D eigenvalue weighted by Gasteiger charge is 2.28. The second-order valence-electron chi connectivity index (χ2n) is 6.79. The maximum atomic E-state index is 12.4. The van der Waals surface area contributed by atoms with E-state index in [1.807, 2.05) is 6.07 Å². The molecule has 2 heterocycles. The van der Waals surface area contributed by atoms with Crippen LogP contribution in [0.3, 0.4) is 0 Å². The van der Waals surface area contributed by atoms with Crippen molar-refractivity contribution in [2.45, 2.75) is 25.5 Å². The van der Waals surface area contributed by atoms with Gasteiger partial charge in [-0.2, -0.15) is 0 Å². The first-order valence-corrected chi connectivity index (χ1v) is 8.65. The molecule has 0 aliphatic carbocycles. The summed E-state index contributed by atoms with van der Waals surface area (Å²) in [6, 6.07) is 10.4. The smallest absolute Gasteiger partial charge is 0.224 e. The standard InChI is InChI=1S/C18H27N3O2/c22-17-11-19-9-16(17)10-20-18(23)15-7-4-8-21(13-15)12-14-5-2-1-3-6-14/h1-3,5-6,15-17,19,22H,4,7-13H2,(H,20,23). The molecule has 1 aromatic carbocycles. The summed E-state index contributed by atoms with van der Waals surface area (Å²) in [7, 11) is 0. The molecular weight excluding hydrogens is 290 g/mol. The van der Waals surface area contributed by atoms with Gasteiger partial charge in [0.05, 0.1) is 12.0 Å². The highest BCUT2D eigenvalue weighted by molar-refractivity contribution is 5.79. The summed E-state index contributed by atoms with van der Waals surface area (Å²) in [4.78, 5) is 14.8. The van der Waals surface area contributed by atoms with Crippen LogP contribution in [0.1, 0.15) is 18.4 Å². The monoisotopic (exact) mass is 317 g/mol. The molecule has 2 fully saturated rings. The van der Waals surface area contributed by atoms with Crippen LogP contribution in [0.15, 0.2) is 30.3 Å². The van der Waals surface area contributed by atoms with Gasteiger partial charge in [0.25, 0.3) is 0 Å². The maximum Gasteiger partial charge on any atom is 0.224 e. The van der Waals surface area contributed by atoms with E-state index in [2.05, 4.69) is 39.8 Å². The van der Waals surface area contributed by atoms with Crippen molar-refractivity contribution in [3.63, 3.8) is 0 Å². The molecule has 0 spiro atoms. The van der Waals surface area contributed by atoms with Crippen LogP contribution in [0, 0.1) is 11.8 Å². The second-order valence-corrected chi connectivity index (χ2v) is 6.79. The van der Waals surface area contributed by atoms with Crippen molar-refractivity contribution in [3.8, 4) is 0 Å². The van der Waals surface area contributed by atoms with Gasteiger partial charge < -0.3 is 15.7 Å². The molecule has 3 rings (SSSR count). The Hall–Kier alpha value is -1.43. The van der Waals surface area contributed by atoms with Gasteiger partial charge in [0.1, 0.15) is 0 Å². The van der Waals surface area contributed by atoms with E-state index >= 15 is 0 Å². The number of nitrogens with one attached hydrogen (secondary N) is 2. The third-order valence-corrected chi connectivity index (χ3v) is 4.97. The molecule has 0 aromatic heterocycles. The lowest BCUT2D eigenvalue weighted by molar-refractivity contribution is -0.127. The lowest BCUT2D eigenvalue weighted by Gasteiger charge is -2.32. The number of benzene rings is 1. The van der Waals surface area contributed by atoms with Crippen LogP contribution in [0.25, 0.3) is 0 Å². The van der Waals surface area contributed by atoms with E-state index in [1.165, 1.54) is 5.56 Å². The number of β-amino-alcohol motifs (C(OH)–C–C–N with tert-alkyl or cyclic N) is 1. The molecule has 2 aliphatic heterocycles. The number of aliphatic hydroxyl groups is 1. The predicted molar refractivity (Wildman–Crippen MR) is 89.8 cm³/mol. The largest absolute Gasteiger partial charge is 0.391 e. The number of carbonyl (C=O) groups is 1. The molecule has 3 atom stereocenters. The Labute approximate surface area is 138 Å². The van der Waals surface area contributed by atoms with Gasteiger partial charge in [-0.15, -0.1) is 0 Å². The average Bonchev–Trinajstić information content (AvgIpc) is 2.99. The number of amides is 1. The quantitative estimate of drug-likeness (QED) is 0.744. The van der Waals surface area contributed by atoms with Crippen molar-refractivity contribution in [2.75, 3.05) is 32.7 Å². The first-order valence-electron chi connectivity index (χ1n) is 8.65. The van der Waals surface area contributed by atoms with Crippen molar-refractivity contribution in [3.05, 3.63) is 35.9 Å². The summed E-state index contributed by atoms with van der Waals surface area (Å²) in [6.45, 7) is 4.79. The third-order valence-electron chi connectivity index (χ3n) is 4.97. The number of hydrogen-bond acceptors (Lipinski definition) is 4. The molecule has 5 nitrogen and oxygen atoms in total. The minimum Gasteiger partial charge on any atom is -0.391 e. The fourth-order valence-electron chi connectivity index (χ4n) is 3.56. The highest BCUT2D eigenvalue weighted by Crippen LogP contribution is 2.19. The summed E-state index contributed by atoms with van der Waals surface area (Å²) in [5.74, 6) is 0.351. The van der Waals surface area contributed by atoms with Gasteiger partial charge in [0, 0.05) is 38.6 Å². The van der Waals surface area contributed by atoms with Gasteiger partial charge in [-0.05, 0) is 24.9 Å². The number of carbonyl (C=O) groups excluding carboxylic acids is 1. The van der Waals surface area contributed by atoms with E-state index in [-0.39, 0.29) is 23.8 Å². The summed E-state index contributed by atoms with van der Waals surface area (Å²) in [6.07, 6.45) is 1.69. The minimum atomic E-state index is -0.337. The summed E-state index contributed by atoms with van der Waals surface area (Å²) >= 11 is 0. The van der Waals surface area contributed by atoms with Gasteiger partial charge in [-0.3, -0.25) is 9.69 Å². The van der Waals surface area contributed by atoms with E-state index < -0.39 is 0 Å². The minimum absolute atomic E-state index is 0.0685. The van der Waals surface area contributed by atoms with Gasteiger partial charge in [0.15, 0.2) is 0 Å². The Morgan fingerprint density at radius 2 is 2.13 bits per heavy atom. The summed E-state index contributed by atoms with van der Waals surface area (Å²) in [5.41, 5.74) is 1.30. The van der Waals surface area contributed by atoms with Crippen LogP contribution in [0.2, 0.25) is 0 Å². The van der Waals surface area contributed by atoms with Crippen molar-refractivity contribution < 1.29 is 9.90 Å². The molecular formula is C18H27N3O2. The molecule has 126 valence electrons. The van der Waals surface area contributed by atoms with Gasteiger partial charge >= 0.3 is 0 Å². The molecule has 0 radical (unpaired) electrons. The number of nitrogens with zero attached hydrogens (tertiary/aromatic N) is 1. The first kappa shape index (κ1) is 16.4. The molecule has 1 aromatic rings. The number of piperidine rings is 1. The SMILES string of the molecule is O=C(NCC1CNCC1O)C1CCCN(Cc2ccccc2)C1. The molecule has 1 amide bonds. The Bertz CT molecular complexity index is 508. The second kappa shape index (κ2) is 7.90. The normalized spacial score (nSPS) is 28.7. The molecule has 0 saturated carbocycles. The van der Waals surface area contributed by atoms with Crippen LogP contribution < -0.4 is 10.6 Å². The van der Waals surface area contributed by atoms with E-state index in [0.29, 0.717) is 13.1 Å². The zero-order valence-electron chi connectivity index (χ0n) is 13.6. The summed E-state index contributed by atoms with van der Waals surface area (Å²) in [5, 5.41) is 16.0. The summed E-state index contributed by atoms with van der Waals surface area (Å²) < 4.78 is 0. The zero-order valence-corrected chi connectivity index (χ0v) is 13.6. The predicted octanol–water partition coefficient (Wildman–Crippen LogP) is 0.595. The molecule has 3 N–H and O–H groups in total. The van der Waals surface area contributed by atoms with Crippen LogP contribution >= 0.6 is 0 Å². The number of likely N-dealkylation sites (tertiary alicyclic amines) is 1. The Morgan fingerprint density at radius 3 is 2.87 bits per heavy atom. The molecule has 2 saturated heterocycles. The topological polar surface area (TPSA) is 64.6 Å². The van der Waals surface area contributed by atoms with Crippen LogP contribution in [-0.2, 0) is 11.3 Å². The Kier molecular flexibility index (Phi) is 5.65. The van der Waals surface area contributed by atoms with E-state index in [9.17, 15) is 9.90 Å². The van der Waals surface area contributed by atoms with Crippen molar-refractivity contribution in [1.29, 1.82) is 0 Å². The van der Waals surface area contributed by atoms with Gasteiger partial charge in [-0.25, -0.2) is 0 Å². The number of hydrogen-bond donors (Lipinski definition) is 3. The third kappa shape index (κ3) is 4.53. The van der Waals surface area contributed by atoms with E-state index in [0.717, 1.165) is 39.0 Å². The molecule has 3 unspecified atom stereocenters. The van der Waals surface area contributed by atoms with Crippen molar-refractivity contribution in [1.82, 2.24) is 15.5 Å². The first-order chi connectivity index (χ1) is 11.2. The number of rotatable bonds is 5. The molecule has 0 bridgehead atoms. The fraction of sp³-hybridized carbons (Fsp3) is 0.611. The molecule has 23 heavy (non-hydrogen) atoms. The lowest BCUT2D eigenvalue weighted by atomic mass is 9.96. The van der Waals surface area contributed by atoms with Crippen LogP contribution in [-0.4, -0.2) is 54.7 Å². The molecule has 5 heteroatoms. The molecule has 2 aliphatic rings. The highest BCUT2D eigenvalue weighted by atomic mass is 16.3. The van der Waals surface area contributed by atoms with Crippen LogP contribution in [0.4, 0.5) is 0 Å². The Morgan fingerprint density at radius 1 is 1.30 bits per heavy atom.